The van der Waals surface area contributed by atoms with Gasteiger partial charge < -0.3 is 19.9 Å². The molecule has 1 spiro atoms. The SMILES string of the molecule is C=N/C=C(\N=C(C)NC(=O)CCN1CC2(CCC(c3ccccc3)(N(C)C)CC2)N(CC2CCC2)C1=O)OC. The summed E-state index contributed by atoms with van der Waals surface area (Å²) in [6.07, 6.45) is 9.15. The van der Waals surface area contributed by atoms with Crippen molar-refractivity contribution in [1.82, 2.24) is 20.0 Å². The number of carbonyl (C=O) groups excluding carboxylic acids is 2. The van der Waals surface area contributed by atoms with Gasteiger partial charge in [-0.15, -0.1) is 0 Å². The van der Waals surface area contributed by atoms with Gasteiger partial charge in [-0.25, -0.2) is 4.79 Å². The molecule has 4 rings (SSSR count). The molecule has 1 aromatic carbocycles. The number of carbonyl (C=O) groups is 2. The van der Waals surface area contributed by atoms with E-state index in [9.17, 15) is 9.59 Å². The van der Waals surface area contributed by atoms with Gasteiger partial charge in [0.1, 0.15) is 5.84 Å². The molecule has 0 unspecified atom stereocenters. The van der Waals surface area contributed by atoms with Crippen LogP contribution in [-0.2, 0) is 15.1 Å². The number of rotatable bonds is 10. The molecule has 1 heterocycles. The lowest BCUT2D eigenvalue weighted by Crippen LogP contribution is -2.56. The minimum Gasteiger partial charge on any atom is -0.480 e. The fourth-order valence-electron chi connectivity index (χ4n) is 6.46. The van der Waals surface area contributed by atoms with E-state index in [0.717, 1.165) is 32.2 Å². The number of methoxy groups -OCH3 is 1. The predicted octanol–water partition coefficient (Wildman–Crippen LogP) is 4.36. The summed E-state index contributed by atoms with van der Waals surface area (Å²) in [5, 5.41) is 2.79. The standard InChI is InChI=1S/C30H44N6O3/c1-23(33-27(39-5)20-31-2)32-26(37)14-19-35-22-29(36(28(35)38)21-24-10-9-11-24)15-17-30(18-16-29,34(3)4)25-12-7-6-8-13-25/h6-8,12-13,20,24H,2,9-11,14-19,21-22H2,1,3-5H3,(H,32,33,37)/b27-20+. The van der Waals surface area contributed by atoms with Crippen LogP contribution in [0.3, 0.4) is 0 Å². The first-order valence-electron chi connectivity index (χ1n) is 14.1. The zero-order valence-electron chi connectivity index (χ0n) is 24.0. The van der Waals surface area contributed by atoms with Gasteiger partial charge >= 0.3 is 6.03 Å². The van der Waals surface area contributed by atoms with Crippen LogP contribution in [0.25, 0.3) is 0 Å². The van der Waals surface area contributed by atoms with Gasteiger partial charge in [0.25, 0.3) is 0 Å². The molecule has 2 saturated carbocycles. The van der Waals surface area contributed by atoms with Crippen LogP contribution in [0.1, 0.15) is 63.9 Å². The summed E-state index contributed by atoms with van der Waals surface area (Å²) in [6, 6.07) is 10.9. The molecule has 1 saturated heterocycles. The number of urea groups is 1. The summed E-state index contributed by atoms with van der Waals surface area (Å²) in [6.45, 7) is 6.98. The summed E-state index contributed by atoms with van der Waals surface area (Å²) in [7, 11) is 5.83. The van der Waals surface area contributed by atoms with Crippen LogP contribution in [0.4, 0.5) is 4.79 Å². The summed E-state index contributed by atoms with van der Waals surface area (Å²) < 4.78 is 5.10. The Labute approximate surface area is 233 Å². The molecule has 212 valence electrons. The highest BCUT2D eigenvalue weighted by atomic mass is 16.5. The number of nitrogens with zero attached hydrogens (tertiary/aromatic N) is 5. The van der Waals surface area contributed by atoms with E-state index in [1.807, 2.05) is 4.90 Å². The Morgan fingerprint density at radius 3 is 2.46 bits per heavy atom. The van der Waals surface area contributed by atoms with E-state index in [1.165, 1.54) is 38.1 Å². The highest BCUT2D eigenvalue weighted by Crippen LogP contribution is 2.49. The number of amidine groups is 1. The third-order valence-electron chi connectivity index (χ3n) is 9.02. The monoisotopic (exact) mass is 536 g/mol. The van der Waals surface area contributed by atoms with Crippen molar-refractivity contribution in [1.29, 1.82) is 0 Å². The Kier molecular flexibility index (Phi) is 9.10. The number of benzene rings is 1. The van der Waals surface area contributed by atoms with E-state index in [0.29, 0.717) is 24.8 Å². The van der Waals surface area contributed by atoms with Gasteiger partial charge in [0.15, 0.2) is 0 Å². The molecule has 9 nitrogen and oxygen atoms in total. The Morgan fingerprint density at radius 1 is 1.21 bits per heavy atom. The molecular formula is C30H44N6O3. The highest BCUT2D eigenvalue weighted by molar-refractivity contribution is 5.97. The number of ether oxygens (including phenoxy) is 1. The molecule has 3 amide bonds. The first-order valence-corrected chi connectivity index (χ1v) is 14.1. The van der Waals surface area contributed by atoms with Crippen LogP contribution in [0.5, 0.6) is 0 Å². The second-order valence-electron chi connectivity index (χ2n) is 11.5. The molecule has 9 heteroatoms. The number of hydrogen-bond acceptors (Lipinski definition) is 6. The van der Waals surface area contributed by atoms with Gasteiger partial charge in [-0.3, -0.25) is 14.7 Å². The van der Waals surface area contributed by atoms with Crippen molar-refractivity contribution in [3.8, 4) is 0 Å². The maximum Gasteiger partial charge on any atom is 0.320 e. The molecule has 0 bridgehead atoms. The number of aliphatic imine (C=N–C) groups is 2. The topological polar surface area (TPSA) is 89.8 Å². The van der Waals surface area contributed by atoms with Gasteiger partial charge in [0, 0.05) is 31.6 Å². The van der Waals surface area contributed by atoms with Crippen molar-refractivity contribution in [2.24, 2.45) is 15.9 Å². The molecule has 1 aromatic rings. The van der Waals surface area contributed by atoms with Gasteiger partial charge in [-0.2, -0.15) is 4.99 Å². The lowest BCUT2D eigenvalue weighted by atomic mass is 9.68. The normalized spacial score (nSPS) is 26.2. The Morgan fingerprint density at radius 2 is 1.90 bits per heavy atom. The largest absolute Gasteiger partial charge is 0.480 e. The minimum atomic E-state index is -0.183. The van der Waals surface area contributed by atoms with Crippen molar-refractivity contribution in [3.63, 3.8) is 0 Å². The molecule has 0 aromatic heterocycles. The number of amides is 3. The fourth-order valence-corrected chi connectivity index (χ4v) is 6.46. The van der Waals surface area contributed by atoms with E-state index >= 15 is 0 Å². The molecular weight excluding hydrogens is 492 g/mol. The lowest BCUT2D eigenvalue weighted by molar-refractivity contribution is -0.119. The van der Waals surface area contributed by atoms with Crippen molar-refractivity contribution in [2.75, 3.05) is 40.8 Å². The van der Waals surface area contributed by atoms with E-state index in [2.05, 4.69) is 76.2 Å². The maximum absolute atomic E-state index is 13.8. The molecule has 3 fully saturated rings. The van der Waals surface area contributed by atoms with Gasteiger partial charge in [0.05, 0.1) is 18.8 Å². The van der Waals surface area contributed by atoms with Crippen LogP contribution >= 0.6 is 0 Å². The molecule has 1 N–H and O–H groups in total. The van der Waals surface area contributed by atoms with Crippen molar-refractivity contribution >= 4 is 24.5 Å². The van der Waals surface area contributed by atoms with E-state index in [4.69, 9.17) is 4.74 Å². The zero-order valence-corrected chi connectivity index (χ0v) is 24.0. The first-order chi connectivity index (χ1) is 18.7. The van der Waals surface area contributed by atoms with Crippen molar-refractivity contribution < 1.29 is 14.3 Å². The van der Waals surface area contributed by atoms with Crippen LogP contribution in [0, 0.1) is 5.92 Å². The minimum absolute atomic E-state index is 0.0293. The van der Waals surface area contributed by atoms with Crippen LogP contribution in [0.15, 0.2) is 52.4 Å². The maximum atomic E-state index is 13.8. The fraction of sp³-hybridized carbons (Fsp3) is 0.600. The number of hydrogen-bond donors (Lipinski definition) is 1. The van der Waals surface area contributed by atoms with Gasteiger partial charge in [-0.1, -0.05) is 36.8 Å². The second kappa shape index (κ2) is 12.3. The van der Waals surface area contributed by atoms with Crippen molar-refractivity contribution in [3.05, 3.63) is 48.0 Å². The average molecular weight is 537 g/mol. The van der Waals surface area contributed by atoms with Crippen LogP contribution < -0.4 is 5.32 Å². The smallest absolute Gasteiger partial charge is 0.320 e. The van der Waals surface area contributed by atoms with Crippen LogP contribution in [-0.4, -0.2) is 85.6 Å². The van der Waals surface area contributed by atoms with Crippen LogP contribution in [0.2, 0.25) is 0 Å². The summed E-state index contributed by atoms with van der Waals surface area (Å²) >= 11 is 0. The quantitative estimate of drug-likeness (QED) is 0.273. The number of nitrogens with one attached hydrogen (secondary N) is 1. The van der Waals surface area contributed by atoms with Crippen molar-refractivity contribution in [2.45, 2.75) is 69.4 Å². The third-order valence-corrected chi connectivity index (χ3v) is 9.02. The zero-order chi connectivity index (χ0) is 28.0. The summed E-state index contributed by atoms with van der Waals surface area (Å²) in [5.41, 5.74) is 1.14. The summed E-state index contributed by atoms with van der Waals surface area (Å²) in [4.78, 5) is 40.7. The Bertz CT molecular complexity index is 1090. The van der Waals surface area contributed by atoms with Gasteiger partial charge in [0.2, 0.25) is 11.8 Å². The Balaban J connectivity index is 1.45. The van der Waals surface area contributed by atoms with E-state index in [-0.39, 0.29) is 35.3 Å². The van der Waals surface area contributed by atoms with E-state index in [1.54, 1.807) is 6.92 Å². The summed E-state index contributed by atoms with van der Waals surface area (Å²) in [5.74, 6) is 1.07. The molecule has 2 aliphatic carbocycles. The van der Waals surface area contributed by atoms with Gasteiger partial charge in [-0.05, 0) is 77.7 Å². The molecule has 39 heavy (non-hydrogen) atoms. The Hall–Kier alpha value is -3.20. The molecule has 1 aliphatic heterocycles. The molecule has 0 atom stereocenters. The third kappa shape index (κ3) is 6.19. The predicted molar refractivity (Wildman–Crippen MR) is 155 cm³/mol. The molecule has 3 aliphatic rings. The highest BCUT2D eigenvalue weighted by Gasteiger charge is 2.54. The van der Waals surface area contributed by atoms with E-state index < -0.39 is 0 Å². The molecule has 0 radical (unpaired) electrons. The average Bonchev–Trinajstić information content (AvgIpc) is 3.15. The second-order valence-corrected chi connectivity index (χ2v) is 11.5. The lowest BCUT2D eigenvalue weighted by Gasteiger charge is -2.51. The first kappa shape index (κ1) is 28.8.